The first kappa shape index (κ1) is 29.7. The third kappa shape index (κ3) is 12.4. The van der Waals surface area contributed by atoms with Crippen LogP contribution in [0.25, 0.3) is 0 Å². The second-order valence-electron chi connectivity index (χ2n) is 7.20. The molecule has 0 fully saturated rings. The van der Waals surface area contributed by atoms with Crippen molar-refractivity contribution in [3.05, 3.63) is 0 Å². The summed E-state index contributed by atoms with van der Waals surface area (Å²) in [6.07, 6.45) is -0.186. The topological polar surface area (TPSA) is 277 Å². The number of rotatable bonds is 17. The summed E-state index contributed by atoms with van der Waals surface area (Å²) in [5.41, 5.74) is 16.0. The van der Waals surface area contributed by atoms with Crippen LogP contribution in [0.5, 0.6) is 0 Å². The largest absolute Gasteiger partial charge is 0.481 e. The molecule has 33 heavy (non-hydrogen) atoms. The standard InChI is InChI=1S/C18H32N6O9/c19-6-2-1-3-9(20)15(29)24-12(8-25)17(31)23-11(7-14(27)28)16(30)22-10(18(32)33)4-5-13(21)26/h9-12,25H,1-8,19-20H2,(H2,21,26)(H,22,30)(H,23,31)(H,24,29)(H,27,28)(H,32,33). The summed E-state index contributed by atoms with van der Waals surface area (Å²) in [5.74, 6) is -6.82. The second-order valence-corrected chi connectivity index (χ2v) is 7.20. The Labute approximate surface area is 189 Å². The van der Waals surface area contributed by atoms with Crippen LogP contribution in [0.15, 0.2) is 0 Å². The average Bonchev–Trinajstić information content (AvgIpc) is 2.73. The second kappa shape index (κ2) is 15.5. The monoisotopic (exact) mass is 476 g/mol. The van der Waals surface area contributed by atoms with E-state index in [2.05, 4.69) is 10.6 Å². The van der Waals surface area contributed by atoms with E-state index in [4.69, 9.17) is 27.4 Å². The van der Waals surface area contributed by atoms with E-state index in [1.54, 1.807) is 0 Å². The molecule has 0 aliphatic heterocycles. The first-order chi connectivity index (χ1) is 15.4. The lowest BCUT2D eigenvalue weighted by Crippen LogP contribution is -2.58. The van der Waals surface area contributed by atoms with E-state index in [1.165, 1.54) is 0 Å². The maximum absolute atomic E-state index is 12.4. The van der Waals surface area contributed by atoms with Gasteiger partial charge in [0.2, 0.25) is 23.6 Å². The lowest BCUT2D eigenvalue weighted by atomic mass is 10.1. The molecule has 12 N–H and O–H groups in total. The number of unbranched alkanes of at least 4 members (excludes halogenated alkanes) is 1. The quantitative estimate of drug-likeness (QED) is 0.0905. The molecule has 0 aromatic carbocycles. The number of nitrogens with one attached hydrogen (secondary N) is 3. The van der Waals surface area contributed by atoms with E-state index in [-0.39, 0.29) is 19.3 Å². The predicted molar refractivity (Wildman–Crippen MR) is 112 cm³/mol. The van der Waals surface area contributed by atoms with E-state index < -0.39 is 72.8 Å². The Kier molecular flexibility index (Phi) is 13.9. The Balaban J connectivity index is 5.21. The fourth-order valence-electron chi connectivity index (χ4n) is 2.59. The van der Waals surface area contributed by atoms with Crippen LogP contribution in [0.4, 0.5) is 0 Å². The summed E-state index contributed by atoms with van der Waals surface area (Å²) in [5, 5.41) is 33.9. The molecule has 0 saturated carbocycles. The van der Waals surface area contributed by atoms with Gasteiger partial charge in [-0.3, -0.25) is 24.0 Å². The maximum atomic E-state index is 12.4. The molecule has 0 aliphatic rings. The molecule has 0 spiro atoms. The van der Waals surface area contributed by atoms with E-state index >= 15 is 0 Å². The van der Waals surface area contributed by atoms with Crippen molar-refractivity contribution < 1.29 is 44.1 Å². The smallest absolute Gasteiger partial charge is 0.326 e. The number of primary amides is 1. The van der Waals surface area contributed by atoms with Gasteiger partial charge in [-0.05, 0) is 25.8 Å². The minimum Gasteiger partial charge on any atom is -0.481 e. The zero-order chi connectivity index (χ0) is 25.6. The Morgan fingerprint density at radius 3 is 1.82 bits per heavy atom. The summed E-state index contributed by atoms with van der Waals surface area (Å²) in [6, 6.07) is -5.85. The fraction of sp³-hybridized carbons (Fsp3) is 0.667. The van der Waals surface area contributed by atoms with Gasteiger partial charge in [-0.1, -0.05) is 6.42 Å². The highest BCUT2D eigenvalue weighted by Gasteiger charge is 2.31. The maximum Gasteiger partial charge on any atom is 0.326 e. The molecule has 0 rings (SSSR count). The molecule has 0 aromatic rings. The molecule has 15 heteroatoms. The zero-order valence-electron chi connectivity index (χ0n) is 18.0. The van der Waals surface area contributed by atoms with Gasteiger partial charge in [0.05, 0.1) is 19.1 Å². The Morgan fingerprint density at radius 2 is 1.33 bits per heavy atom. The number of hydrogen-bond donors (Lipinski definition) is 9. The van der Waals surface area contributed by atoms with Crippen molar-refractivity contribution in [3.8, 4) is 0 Å². The van der Waals surface area contributed by atoms with Crippen molar-refractivity contribution in [2.45, 2.75) is 62.7 Å². The number of carboxylic acids is 2. The van der Waals surface area contributed by atoms with Crippen molar-refractivity contribution in [2.24, 2.45) is 17.2 Å². The van der Waals surface area contributed by atoms with Gasteiger partial charge >= 0.3 is 11.9 Å². The molecular weight excluding hydrogens is 444 g/mol. The van der Waals surface area contributed by atoms with Crippen LogP contribution in [-0.4, -0.2) is 88.2 Å². The van der Waals surface area contributed by atoms with Crippen LogP contribution in [-0.2, 0) is 28.8 Å². The van der Waals surface area contributed by atoms with Gasteiger partial charge < -0.3 is 48.5 Å². The number of aliphatic carboxylic acids is 2. The molecular formula is C18H32N6O9. The van der Waals surface area contributed by atoms with Crippen LogP contribution in [0.1, 0.15) is 38.5 Å². The third-order valence-corrected chi connectivity index (χ3v) is 4.43. The van der Waals surface area contributed by atoms with Crippen LogP contribution in [0, 0.1) is 0 Å². The minimum absolute atomic E-state index is 0.273. The number of hydrogen-bond acceptors (Lipinski definition) is 9. The molecule has 4 amide bonds. The normalized spacial score (nSPS) is 14.3. The number of amides is 4. The zero-order valence-corrected chi connectivity index (χ0v) is 18.0. The molecule has 0 saturated heterocycles. The summed E-state index contributed by atoms with van der Waals surface area (Å²) < 4.78 is 0. The summed E-state index contributed by atoms with van der Waals surface area (Å²) in [6.45, 7) is -0.473. The van der Waals surface area contributed by atoms with Crippen LogP contribution >= 0.6 is 0 Å². The number of aliphatic hydroxyl groups excluding tert-OH is 1. The molecule has 0 aliphatic carbocycles. The third-order valence-electron chi connectivity index (χ3n) is 4.43. The van der Waals surface area contributed by atoms with E-state index in [0.29, 0.717) is 19.4 Å². The highest BCUT2D eigenvalue weighted by molar-refractivity contribution is 5.95. The first-order valence-corrected chi connectivity index (χ1v) is 10.1. The Bertz CT molecular complexity index is 718. The van der Waals surface area contributed by atoms with Gasteiger partial charge in [-0.2, -0.15) is 0 Å². The summed E-state index contributed by atoms with van der Waals surface area (Å²) >= 11 is 0. The van der Waals surface area contributed by atoms with Gasteiger partial charge in [0.25, 0.3) is 0 Å². The molecule has 0 radical (unpaired) electrons. The lowest BCUT2D eigenvalue weighted by Gasteiger charge is -2.23. The first-order valence-electron chi connectivity index (χ1n) is 10.1. The summed E-state index contributed by atoms with van der Waals surface area (Å²) in [4.78, 5) is 70.2. The predicted octanol–water partition coefficient (Wildman–Crippen LogP) is -4.29. The highest BCUT2D eigenvalue weighted by atomic mass is 16.4. The molecule has 0 aromatic heterocycles. The number of carboxylic acid groups (broad SMARTS) is 2. The Morgan fingerprint density at radius 1 is 0.788 bits per heavy atom. The van der Waals surface area contributed by atoms with Gasteiger partial charge in [-0.15, -0.1) is 0 Å². The SMILES string of the molecule is NCCCCC(N)C(=O)NC(CO)C(=O)NC(CC(=O)O)C(=O)NC(CCC(N)=O)C(=O)O. The van der Waals surface area contributed by atoms with Crippen molar-refractivity contribution in [3.63, 3.8) is 0 Å². The average molecular weight is 476 g/mol. The molecule has 4 unspecified atom stereocenters. The fourth-order valence-corrected chi connectivity index (χ4v) is 2.59. The number of carbonyl (C=O) groups is 6. The van der Waals surface area contributed by atoms with Crippen molar-refractivity contribution >= 4 is 35.6 Å². The van der Waals surface area contributed by atoms with Crippen molar-refractivity contribution in [1.82, 2.24) is 16.0 Å². The number of carbonyl (C=O) groups excluding carboxylic acids is 4. The van der Waals surface area contributed by atoms with Gasteiger partial charge in [0.15, 0.2) is 0 Å². The van der Waals surface area contributed by atoms with Crippen LogP contribution in [0.3, 0.4) is 0 Å². The number of aliphatic hydroxyl groups is 1. The van der Waals surface area contributed by atoms with Gasteiger partial charge in [0, 0.05) is 6.42 Å². The minimum atomic E-state index is -1.74. The van der Waals surface area contributed by atoms with Crippen molar-refractivity contribution in [1.29, 1.82) is 0 Å². The van der Waals surface area contributed by atoms with E-state index in [1.807, 2.05) is 5.32 Å². The molecule has 15 nitrogen and oxygen atoms in total. The van der Waals surface area contributed by atoms with Crippen LogP contribution < -0.4 is 33.2 Å². The van der Waals surface area contributed by atoms with Crippen LogP contribution in [0.2, 0.25) is 0 Å². The summed E-state index contributed by atoms with van der Waals surface area (Å²) in [7, 11) is 0. The number of nitrogens with two attached hydrogens (primary N) is 3. The van der Waals surface area contributed by atoms with E-state index in [0.717, 1.165) is 0 Å². The van der Waals surface area contributed by atoms with E-state index in [9.17, 15) is 33.9 Å². The molecule has 4 atom stereocenters. The highest BCUT2D eigenvalue weighted by Crippen LogP contribution is 2.02. The van der Waals surface area contributed by atoms with Gasteiger partial charge in [0.1, 0.15) is 18.1 Å². The van der Waals surface area contributed by atoms with Gasteiger partial charge in [-0.25, -0.2) is 4.79 Å². The van der Waals surface area contributed by atoms with Crippen molar-refractivity contribution in [2.75, 3.05) is 13.2 Å². The lowest BCUT2D eigenvalue weighted by molar-refractivity contribution is -0.144. The molecule has 188 valence electrons. The molecule has 0 bridgehead atoms. The Hall–Kier alpha value is -3.30. The molecule has 0 heterocycles.